The molecule has 3 rings (SSSR count). The van der Waals surface area contributed by atoms with Gasteiger partial charge in [0.2, 0.25) is 0 Å². The Bertz CT molecular complexity index is 802. The zero-order chi connectivity index (χ0) is 14.1. The molecule has 5 heteroatoms. The highest BCUT2D eigenvalue weighted by atomic mass is 35.5. The fourth-order valence-corrected chi connectivity index (χ4v) is 2.36. The summed E-state index contributed by atoms with van der Waals surface area (Å²) in [5.74, 6) is 0. The average molecular weight is 288 g/mol. The highest BCUT2D eigenvalue weighted by Gasteiger charge is 2.06. The molecule has 0 aliphatic rings. The van der Waals surface area contributed by atoms with Gasteiger partial charge in [0.15, 0.2) is 0 Å². The third kappa shape index (κ3) is 2.47. The predicted octanol–water partition coefficient (Wildman–Crippen LogP) is 2.93. The summed E-state index contributed by atoms with van der Waals surface area (Å²) in [6.07, 6.45) is 2.37. The summed E-state index contributed by atoms with van der Waals surface area (Å²) in [6, 6.07) is 9.50. The summed E-state index contributed by atoms with van der Waals surface area (Å²) in [5.41, 5.74) is 2.73. The first-order valence-electron chi connectivity index (χ1n) is 6.43. The lowest BCUT2D eigenvalue weighted by atomic mass is 10.1. The second kappa shape index (κ2) is 5.13. The SMILES string of the molecule is Cc1cc2c(=O)n(CCc3ccc(Cl)cc3)cnc2[nH]1. The van der Waals surface area contributed by atoms with Gasteiger partial charge in [-0.15, -0.1) is 0 Å². The smallest absolute Gasteiger partial charge is 0.262 e. The molecule has 0 aliphatic carbocycles. The summed E-state index contributed by atoms with van der Waals surface area (Å²) in [7, 11) is 0. The Labute approximate surface area is 121 Å². The molecular formula is C15H14ClN3O. The molecule has 2 heterocycles. The third-order valence-electron chi connectivity index (χ3n) is 3.30. The van der Waals surface area contributed by atoms with Gasteiger partial charge in [0, 0.05) is 17.3 Å². The summed E-state index contributed by atoms with van der Waals surface area (Å²) >= 11 is 5.85. The van der Waals surface area contributed by atoms with Crippen LogP contribution in [0.2, 0.25) is 5.02 Å². The van der Waals surface area contributed by atoms with Crippen molar-refractivity contribution < 1.29 is 0 Å². The van der Waals surface area contributed by atoms with E-state index in [0.29, 0.717) is 17.6 Å². The molecule has 1 N–H and O–H groups in total. The number of rotatable bonds is 3. The first-order chi connectivity index (χ1) is 9.63. The van der Waals surface area contributed by atoms with Crippen molar-refractivity contribution in [2.75, 3.05) is 0 Å². The molecule has 0 unspecified atom stereocenters. The molecule has 0 spiro atoms. The maximum absolute atomic E-state index is 12.3. The van der Waals surface area contributed by atoms with Crippen LogP contribution in [0.15, 0.2) is 41.5 Å². The number of nitrogens with zero attached hydrogens (tertiary/aromatic N) is 2. The molecule has 0 amide bonds. The van der Waals surface area contributed by atoms with Gasteiger partial charge in [0.1, 0.15) is 5.65 Å². The molecule has 0 fully saturated rings. The monoisotopic (exact) mass is 287 g/mol. The van der Waals surface area contributed by atoms with E-state index in [-0.39, 0.29) is 5.56 Å². The number of aromatic amines is 1. The topological polar surface area (TPSA) is 50.7 Å². The molecule has 0 saturated carbocycles. The Morgan fingerprint density at radius 3 is 2.80 bits per heavy atom. The molecule has 0 saturated heterocycles. The fraction of sp³-hybridized carbons (Fsp3) is 0.200. The van der Waals surface area contributed by atoms with Crippen LogP contribution in [0.25, 0.3) is 11.0 Å². The molecule has 20 heavy (non-hydrogen) atoms. The van der Waals surface area contributed by atoms with E-state index in [1.807, 2.05) is 37.3 Å². The van der Waals surface area contributed by atoms with Gasteiger partial charge in [0.05, 0.1) is 11.7 Å². The van der Waals surface area contributed by atoms with Gasteiger partial charge >= 0.3 is 0 Å². The predicted molar refractivity (Wildman–Crippen MR) is 80.2 cm³/mol. The number of H-pyrrole nitrogens is 1. The van der Waals surface area contributed by atoms with Crippen molar-refractivity contribution in [3.8, 4) is 0 Å². The fourth-order valence-electron chi connectivity index (χ4n) is 2.23. The zero-order valence-electron chi connectivity index (χ0n) is 11.1. The first kappa shape index (κ1) is 12.9. The second-order valence-electron chi connectivity index (χ2n) is 4.83. The number of benzene rings is 1. The van der Waals surface area contributed by atoms with Crippen LogP contribution in [0.3, 0.4) is 0 Å². The normalized spacial score (nSPS) is 11.1. The summed E-state index contributed by atoms with van der Waals surface area (Å²) in [5, 5.41) is 1.36. The molecule has 0 radical (unpaired) electrons. The van der Waals surface area contributed by atoms with Gasteiger partial charge in [-0.25, -0.2) is 4.98 Å². The number of aromatic nitrogens is 3. The van der Waals surface area contributed by atoms with E-state index >= 15 is 0 Å². The van der Waals surface area contributed by atoms with Crippen LogP contribution in [-0.4, -0.2) is 14.5 Å². The van der Waals surface area contributed by atoms with Crippen molar-refractivity contribution >= 4 is 22.6 Å². The molecule has 0 atom stereocenters. The molecule has 0 bridgehead atoms. The van der Waals surface area contributed by atoms with Gasteiger partial charge in [-0.3, -0.25) is 9.36 Å². The van der Waals surface area contributed by atoms with Gasteiger partial charge in [0.25, 0.3) is 5.56 Å². The molecule has 2 aromatic heterocycles. The summed E-state index contributed by atoms with van der Waals surface area (Å²) < 4.78 is 1.64. The first-order valence-corrected chi connectivity index (χ1v) is 6.80. The Morgan fingerprint density at radius 1 is 1.30 bits per heavy atom. The third-order valence-corrected chi connectivity index (χ3v) is 3.56. The standard InChI is InChI=1S/C15H14ClN3O/c1-10-8-13-14(18-10)17-9-19(15(13)20)7-6-11-2-4-12(16)5-3-11/h2-5,8-9,18H,6-7H2,1H3. The minimum atomic E-state index is -0.00619. The molecule has 4 nitrogen and oxygen atoms in total. The largest absolute Gasteiger partial charge is 0.343 e. The Morgan fingerprint density at radius 2 is 2.05 bits per heavy atom. The number of hydrogen-bond acceptors (Lipinski definition) is 2. The average Bonchev–Trinajstić information content (AvgIpc) is 2.81. The van der Waals surface area contributed by atoms with E-state index in [4.69, 9.17) is 11.6 Å². The minimum absolute atomic E-state index is 0.00619. The van der Waals surface area contributed by atoms with Gasteiger partial charge in [-0.2, -0.15) is 0 Å². The lowest BCUT2D eigenvalue weighted by Gasteiger charge is -2.05. The van der Waals surface area contributed by atoms with Crippen molar-refractivity contribution in [2.24, 2.45) is 0 Å². The van der Waals surface area contributed by atoms with Gasteiger partial charge in [-0.1, -0.05) is 23.7 Å². The van der Waals surface area contributed by atoms with Crippen LogP contribution in [0.1, 0.15) is 11.3 Å². The van der Waals surface area contributed by atoms with Crippen molar-refractivity contribution in [1.82, 2.24) is 14.5 Å². The van der Waals surface area contributed by atoms with E-state index in [9.17, 15) is 4.79 Å². The molecule has 102 valence electrons. The Balaban J connectivity index is 1.85. The van der Waals surface area contributed by atoms with Crippen LogP contribution in [-0.2, 0) is 13.0 Å². The second-order valence-corrected chi connectivity index (χ2v) is 5.27. The number of aryl methyl sites for hydroxylation is 3. The van der Waals surface area contributed by atoms with Crippen molar-refractivity contribution in [3.63, 3.8) is 0 Å². The molecule has 3 aromatic rings. The zero-order valence-corrected chi connectivity index (χ0v) is 11.8. The molecular weight excluding hydrogens is 274 g/mol. The number of halogens is 1. The number of nitrogens with one attached hydrogen (secondary N) is 1. The van der Waals surface area contributed by atoms with Gasteiger partial charge in [-0.05, 0) is 37.1 Å². The quantitative estimate of drug-likeness (QED) is 0.805. The van der Waals surface area contributed by atoms with Crippen LogP contribution >= 0.6 is 11.6 Å². The maximum atomic E-state index is 12.3. The highest BCUT2D eigenvalue weighted by Crippen LogP contribution is 2.11. The summed E-state index contributed by atoms with van der Waals surface area (Å²) in [6.45, 7) is 2.52. The van der Waals surface area contributed by atoms with Crippen LogP contribution in [0, 0.1) is 6.92 Å². The van der Waals surface area contributed by atoms with Gasteiger partial charge < -0.3 is 4.98 Å². The van der Waals surface area contributed by atoms with Crippen LogP contribution in [0.4, 0.5) is 0 Å². The van der Waals surface area contributed by atoms with E-state index in [2.05, 4.69) is 9.97 Å². The van der Waals surface area contributed by atoms with Crippen molar-refractivity contribution in [1.29, 1.82) is 0 Å². The Hall–Kier alpha value is -2.07. The lowest BCUT2D eigenvalue weighted by Crippen LogP contribution is -2.21. The molecule has 0 aliphatic heterocycles. The van der Waals surface area contributed by atoms with Crippen molar-refractivity contribution in [3.05, 3.63) is 63.3 Å². The highest BCUT2D eigenvalue weighted by molar-refractivity contribution is 6.30. The van der Waals surface area contributed by atoms with Crippen molar-refractivity contribution in [2.45, 2.75) is 19.9 Å². The number of hydrogen-bond donors (Lipinski definition) is 1. The number of fused-ring (bicyclic) bond motifs is 1. The van der Waals surface area contributed by atoms with E-state index in [1.54, 1.807) is 10.9 Å². The minimum Gasteiger partial charge on any atom is -0.343 e. The van der Waals surface area contributed by atoms with E-state index in [0.717, 1.165) is 22.7 Å². The maximum Gasteiger partial charge on any atom is 0.262 e. The summed E-state index contributed by atoms with van der Waals surface area (Å²) in [4.78, 5) is 19.6. The van der Waals surface area contributed by atoms with E-state index in [1.165, 1.54) is 0 Å². The van der Waals surface area contributed by atoms with E-state index < -0.39 is 0 Å². The van der Waals surface area contributed by atoms with Crippen LogP contribution in [0.5, 0.6) is 0 Å². The van der Waals surface area contributed by atoms with Crippen LogP contribution < -0.4 is 5.56 Å². The molecule has 1 aromatic carbocycles. The lowest BCUT2D eigenvalue weighted by molar-refractivity contribution is 0.662. The Kier molecular flexibility index (Phi) is 3.32.